The molecule has 0 aromatic carbocycles. The molecule has 0 N–H and O–H groups in total. The van der Waals surface area contributed by atoms with E-state index in [9.17, 15) is 0 Å². The Morgan fingerprint density at radius 3 is 1.60 bits per heavy atom. The molecule has 0 spiro atoms. The van der Waals surface area contributed by atoms with Crippen molar-refractivity contribution in [3.8, 4) is 0 Å². The zero-order chi connectivity index (χ0) is 8.41. The van der Waals surface area contributed by atoms with Crippen molar-refractivity contribution in [2.45, 2.75) is 45.2 Å². The van der Waals surface area contributed by atoms with Crippen molar-refractivity contribution in [1.82, 2.24) is 0 Å². The van der Waals surface area contributed by atoms with Gasteiger partial charge >= 0.3 is 0 Å². The summed E-state index contributed by atoms with van der Waals surface area (Å²) in [5.41, 5.74) is 0.584. The van der Waals surface area contributed by atoms with Crippen LogP contribution in [-0.4, -0.2) is 20.5 Å². The largest absolute Gasteiger partial charge is 0.0653 e. The van der Waals surface area contributed by atoms with Gasteiger partial charge in [0.25, 0.3) is 0 Å². The highest BCUT2D eigenvalue weighted by Crippen LogP contribution is 2.44. The lowest BCUT2D eigenvalue weighted by Gasteiger charge is -2.38. The van der Waals surface area contributed by atoms with Crippen LogP contribution in [0.15, 0.2) is 0 Å². The summed E-state index contributed by atoms with van der Waals surface area (Å²) < 4.78 is 0. The molecule has 0 saturated heterocycles. The van der Waals surface area contributed by atoms with Crippen LogP contribution in [0.4, 0.5) is 0 Å². The third-order valence-corrected chi connectivity index (χ3v) is 4.76. The van der Waals surface area contributed by atoms with Crippen molar-refractivity contribution in [3.63, 3.8) is 0 Å². The molecular formula is C8H22Si2. The van der Waals surface area contributed by atoms with Crippen LogP contribution in [-0.2, 0) is 0 Å². The van der Waals surface area contributed by atoms with Gasteiger partial charge in [-0.2, -0.15) is 0 Å². The predicted molar refractivity (Wildman–Crippen MR) is 57.1 cm³/mol. The minimum Gasteiger partial charge on any atom is -0.0653 e. The van der Waals surface area contributed by atoms with Gasteiger partial charge in [0.2, 0.25) is 0 Å². The van der Waals surface area contributed by atoms with Crippen LogP contribution in [0.5, 0.6) is 0 Å². The lowest BCUT2D eigenvalue weighted by Crippen LogP contribution is -2.26. The molecule has 2 heteroatoms. The minimum absolute atomic E-state index is 0.584. The van der Waals surface area contributed by atoms with Crippen molar-refractivity contribution in [2.24, 2.45) is 5.41 Å². The second-order valence-electron chi connectivity index (χ2n) is 4.88. The molecule has 10 heavy (non-hydrogen) atoms. The zero-order valence-corrected chi connectivity index (χ0v) is 12.4. The maximum Gasteiger partial charge on any atom is 0.0106 e. The molecule has 0 amide bonds. The van der Waals surface area contributed by atoms with E-state index in [0.29, 0.717) is 10.5 Å². The van der Waals surface area contributed by atoms with Gasteiger partial charge in [-0.1, -0.05) is 40.2 Å². The van der Waals surface area contributed by atoms with E-state index >= 15 is 0 Å². The van der Waals surface area contributed by atoms with Crippen LogP contribution in [0.25, 0.3) is 0 Å². The second-order valence-corrected chi connectivity index (χ2v) is 8.38. The van der Waals surface area contributed by atoms with Gasteiger partial charge < -0.3 is 0 Å². The molecule has 0 aliphatic rings. The Balaban J connectivity index is 4.10. The van der Waals surface area contributed by atoms with Gasteiger partial charge in [0.15, 0.2) is 0 Å². The molecule has 0 aliphatic heterocycles. The number of hydrogen-bond acceptors (Lipinski definition) is 0. The summed E-state index contributed by atoms with van der Waals surface area (Å²) in [6.45, 7) is 9.63. The van der Waals surface area contributed by atoms with Crippen LogP contribution in [0, 0.1) is 5.41 Å². The van der Waals surface area contributed by atoms with Crippen LogP contribution in [0.3, 0.4) is 0 Å². The maximum absolute atomic E-state index is 2.41. The normalized spacial score (nSPS) is 14.4. The van der Waals surface area contributed by atoms with Gasteiger partial charge in [0.1, 0.15) is 0 Å². The molecule has 0 rings (SSSR count). The average Bonchev–Trinajstić information content (AvgIpc) is 1.61. The second kappa shape index (κ2) is 3.22. The molecule has 0 unspecified atom stereocenters. The topological polar surface area (TPSA) is 0 Å². The quantitative estimate of drug-likeness (QED) is 0.554. The van der Waals surface area contributed by atoms with Crippen molar-refractivity contribution in [3.05, 3.63) is 0 Å². The lowest BCUT2D eigenvalue weighted by molar-refractivity contribution is 0.257. The van der Waals surface area contributed by atoms with E-state index in [1.807, 2.05) is 0 Å². The van der Waals surface area contributed by atoms with E-state index in [2.05, 4.69) is 27.7 Å². The first kappa shape index (κ1) is 10.4. The van der Waals surface area contributed by atoms with E-state index < -0.39 is 0 Å². The Bertz CT molecular complexity index is 100. The molecule has 0 fully saturated rings. The molecule has 0 bridgehead atoms. The summed E-state index contributed by atoms with van der Waals surface area (Å²) >= 11 is 0. The summed E-state index contributed by atoms with van der Waals surface area (Å²) in [6, 6.07) is 1.46. The number of rotatable bonds is 3. The molecule has 0 aromatic rings. The van der Waals surface area contributed by atoms with Gasteiger partial charge in [-0.15, -0.1) is 0 Å². The molecule has 0 radical (unpaired) electrons. The fraction of sp³-hybridized carbons (Fsp3) is 1.00. The van der Waals surface area contributed by atoms with Gasteiger partial charge in [0.05, 0.1) is 0 Å². The van der Waals surface area contributed by atoms with E-state index in [1.54, 1.807) is 0 Å². The third kappa shape index (κ3) is 2.58. The SMILES string of the molecule is CC(C)([SiH3])C(C)(C)CC[SiH3]. The average molecular weight is 174 g/mol. The first-order chi connectivity index (χ1) is 4.31. The lowest BCUT2D eigenvalue weighted by atomic mass is 9.78. The van der Waals surface area contributed by atoms with Crippen molar-refractivity contribution >= 4 is 20.5 Å². The Hall–Kier alpha value is 0.434. The monoisotopic (exact) mass is 174 g/mol. The zero-order valence-electron chi connectivity index (χ0n) is 8.41. The van der Waals surface area contributed by atoms with Crippen LogP contribution < -0.4 is 0 Å². The molecule has 0 atom stereocenters. The summed E-state index contributed by atoms with van der Waals surface area (Å²) in [7, 11) is 2.69. The predicted octanol–water partition coefficient (Wildman–Crippen LogP) is 0.750. The first-order valence-corrected chi connectivity index (χ1v) is 6.72. The van der Waals surface area contributed by atoms with Gasteiger partial charge in [-0.05, 0) is 10.5 Å². The highest BCUT2D eigenvalue weighted by molar-refractivity contribution is 6.15. The van der Waals surface area contributed by atoms with Gasteiger partial charge in [0, 0.05) is 20.5 Å². The molecular weight excluding hydrogens is 152 g/mol. The fourth-order valence-corrected chi connectivity index (χ4v) is 2.50. The molecule has 0 aromatic heterocycles. The van der Waals surface area contributed by atoms with E-state index in [4.69, 9.17) is 0 Å². The first-order valence-electron chi connectivity index (χ1n) is 4.31. The van der Waals surface area contributed by atoms with Gasteiger partial charge in [-0.3, -0.25) is 0 Å². The van der Waals surface area contributed by atoms with Gasteiger partial charge in [-0.25, -0.2) is 0 Å². The summed E-state index contributed by atoms with van der Waals surface area (Å²) in [4.78, 5) is 0. The molecule has 0 heterocycles. The molecule has 0 saturated carbocycles. The van der Waals surface area contributed by atoms with Crippen LogP contribution in [0.2, 0.25) is 11.1 Å². The van der Waals surface area contributed by atoms with E-state index in [-0.39, 0.29) is 0 Å². The molecule has 62 valence electrons. The van der Waals surface area contributed by atoms with Crippen LogP contribution >= 0.6 is 0 Å². The minimum atomic E-state index is 0.584. The van der Waals surface area contributed by atoms with Crippen molar-refractivity contribution in [1.29, 1.82) is 0 Å². The number of hydrogen-bond donors (Lipinski definition) is 0. The highest BCUT2D eigenvalue weighted by Gasteiger charge is 2.31. The van der Waals surface area contributed by atoms with Crippen molar-refractivity contribution in [2.75, 3.05) is 0 Å². The molecule has 0 aliphatic carbocycles. The van der Waals surface area contributed by atoms with Crippen molar-refractivity contribution < 1.29 is 0 Å². The Morgan fingerprint density at radius 1 is 1.10 bits per heavy atom. The third-order valence-electron chi connectivity index (χ3n) is 2.91. The fourth-order valence-electron chi connectivity index (χ4n) is 1.000. The summed E-state index contributed by atoms with van der Waals surface area (Å²) in [5, 5.41) is 0.609. The Labute approximate surface area is 71.6 Å². The van der Waals surface area contributed by atoms with E-state index in [1.165, 1.54) is 32.9 Å². The smallest absolute Gasteiger partial charge is 0.0106 e. The summed E-state index contributed by atoms with van der Waals surface area (Å²) in [6.07, 6.45) is 1.43. The standard InChI is InChI=1S/C8H22Si2/c1-7(2,5-6-9)8(3,4)10/h5-6H2,1-4,9-10H3. The molecule has 0 nitrogen and oxygen atoms in total. The Morgan fingerprint density at radius 2 is 1.50 bits per heavy atom. The summed E-state index contributed by atoms with van der Waals surface area (Å²) in [5.74, 6) is 0. The maximum atomic E-state index is 2.41. The van der Waals surface area contributed by atoms with E-state index in [0.717, 1.165) is 0 Å². The highest BCUT2D eigenvalue weighted by atomic mass is 28.1. The Kier molecular flexibility index (Phi) is 3.36. The van der Waals surface area contributed by atoms with Crippen LogP contribution in [0.1, 0.15) is 34.1 Å².